The first kappa shape index (κ1) is 35.2. The number of fused-ring (bicyclic) bond motifs is 11. The molecule has 12 rings (SSSR count). The highest BCUT2D eigenvalue weighted by Crippen LogP contribution is 2.63. The Morgan fingerprint density at radius 2 is 0.754 bits per heavy atom. The monoisotopic (exact) mass is 779 g/mol. The van der Waals surface area contributed by atoms with Crippen LogP contribution in [0.25, 0.3) is 66.4 Å². The van der Waals surface area contributed by atoms with Gasteiger partial charge in [-0.15, -0.1) is 0 Å². The number of halogens is 1. The van der Waals surface area contributed by atoms with E-state index in [9.17, 15) is 4.39 Å². The van der Waals surface area contributed by atoms with E-state index in [1.54, 1.807) is 0 Å². The average molecular weight is 780 g/mol. The Morgan fingerprint density at radius 3 is 1.34 bits per heavy atom. The lowest BCUT2D eigenvalue weighted by Gasteiger charge is -2.32. The zero-order valence-corrected chi connectivity index (χ0v) is 33.3. The number of hydrogen-bond acceptors (Lipinski definition) is 1. The fourth-order valence-corrected chi connectivity index (χ4v) is 10.4. The van der Waals surface area contributed by atoms with Gasteiger partial charge in [-0.25, -0.2) is 4.39 Å². The molecule has 0 aliphatic heterocycles. The Balaban J connectivity index is 1.07. The van der Waals surface area contributed by atoms with E-state index in [1.807, 2.05) is 12.1 Å². The standard InChI is InChI=1S/C59H38FN/c60-43-32-28-40(29-33-43)47-22-12-16-42-17-13-23-48(58(42)47)41-30-34-44(35-31-41)61(57-27-11-7-18-46(57)39-14-2-1-3-15-39)45-36-37-52-51-21-6-10-26-55(51)59(56(52)38-45)53-24-8-4-19-49(53)50-20-5-9-25-54(50)59/h1-38H. The van der Waals surface area contributed by atoms with Crippen LogP contribution < -0.4 is 4.90 Å². The molecular weight excluding hydrogens is 742 g/mol. The molecule has 286 valence electrons. The van der Waals surface area contributed by atoms with Gasteiger partial charge in [0.25, 0.3) is 0 Å². The second-order valence-corrected chi connectivity index (χ2v) is 16.1. The Morgan fingerprint density at radius 1 is 0.311 bits per heavy atom. The summed E-state index contributed by atoms with van der Waals surface area (Å²) in [6.45, 7) is 0. The van der Waals surface area contributed by atoms with Crippen LogP contribution in [0.1, 0.15) is 22.3 Å². The number of para-hydroxylation sites is 1. The quantitative estimate of drug-likeness (QED) is 0.162. The Bertz CT molecular complexity index is 3240. The summed E-state index contributed by atoms with van der Waals surface area (Å²) in [6, 6.07) is 82.2. The average Bonchev–Trinajstić information content (AvgIpc) is 3.79. The maximum absolute atomic E-state index is 14.0. The van der Waals surface area contributed by atoms with Crippen molar-refractivity contribution in [2.75, 3.05) is 4.90 Å². The number of anilines is 3. The van der Waals surface area contributed by atoms with Gasteiger partial charge in [-0.05, 0) is 126 Å². The van der Waals surface area contributed by atoms with E-state index in [0.29, 0.717) is 0 Å². The molecule has 0 saturated carbocycles. The van der Waals surface area contributed by atoms with E-state index in [2.05, 4.69) is 211 Å². The van der Waals surface area contributed by atoms with Crippen molar-refractivity contribution in [3.63, 3.8) is 0 Å². The summed E-state index contributed by atoms with van der Waals surface area (Å²) in [5, 5.41) is 2.29. The van der Waals surface area contributed by atoms with Crippen molar-refractivity contribution in [2.45, 2.75) is 5.41 Å². The molecule has 0 amide bonds. The van der Waals surface area contributed by atoms with Crippen molar-refractivity contribution in [3.8, 4) is 55.6 Å². The van der Waals surface area contributed by atoms with Gasteiger partial charge >= 0.3 is 0 Å². The summed E-state index contributed by atoms with van der Waals surface area (Å²) >= 11 is 0. The molecule has 1 spiro atoms. The zero-order chi connectivity index (χ0) is 40.5. The van der Waals surface area contributed by atoms with Crippen molar-refractivity contribution in [1.82, 2.24) is 0 Å². The predicted octanol–water partition coefficient (Wildman–Crippen LogP) is 15.8. The number of benzene rings is 10. The zero-order valence-electron chi connectivity index (χ0n) is 33.3. The first-order chi connectivity index (χ1) is 30.2. The van der Waals surface area contributed by atoms with Gasteiger partial charge in [0.2, 0.25) is 0 Å². The molecule has 0 radical (unpaired) electrons. The van der Waals surface area contributed by atoms with Gasteiger partial charge in [0, 0.05) is 16.9 Å². The van der Waals surface area contributed by atoms with Crippen LogP contribution in [-0.4, -0.2) is 0 Å². The third-order valence-corrected chi connectivity index (χ3v) is 13.0. The molecule has 10 aromatic carbocycles. The highest BCUT2D eigenvalue weighted by molar-refractivity contribution is 6.06. The van der Waals surface area contributed by atoms with Crippen molar-refractivity contribution in [1.29, 1.82) is 0 Å². The van der Waals surface area contributed by atoms with E-state index in [0.717, 1.165) is 61.2 Å². The minimum atomic E-state index is -0.458. The second kappa shape index (κ2) is 13.9. The highest BCUT2D eigenvalue weighted by Gasteiger charge is 2.51. The maximum Gasteiger partial charge on any atom is 0.123 e. The number of hydrogen-bond donors (Lipinski definition) is 0. The number of nitrogens with zero attached hydrogens (tertiary/aromatic N) is 1. The smallest absolute Gasteiger partial charge is 0.123 e. The molecule has 0 bridgehead atoms. The Labute approximate surface area is 355 Å². The molecule has 0 saturated heterocycles. The van der Waals surface area contributed by atoms with E-state index in [-0.39, 0.29) is 5.82 Å². The van der Waals surface area contributed by atoms with Crippen molar-refractivity contribution >= 4 is 27.8 Å². The van der Waals surface area contributed by atoms with Gasteiger partial charge in [-0.1, -0.05) is 188 Å². The number of rotatable bonds is 6. The molecule has 2 aliphatic rings. The van der Waals surface area contributed by atoms with Gasteiger partial charge in [0.1, 0.15) is 5.82 Å². The molecule has 1 nitrogen and oxygen atoms in total. The lowest BCUT2D eigenvalue weighted by Crippen LogP contribution is -2.26. The van der Waals surface area contributed by atoms with Gasteiger partial charge in [0.15, 0.2) is 0 Å². The molecule has 0 unspecified atom stereocenters. The first-order valence-electron chi connectivity index (χ1n) is 20.9. The van der Waals surface area contributed by atoms with E-state index in [1.165, 1.54) is 56.6 Å². The van der Waals surface area contributed by atoms with Crippen LogP contribution in [0.3, 0.4) is 0 Å². The van der Waals surface area contributed by atoms with Crippen LogP contribution >= 0.6 is 0 Å². The molecule has 10 aromatic rings. The normalized spacial score (nSPS) is 12.8. The van der Waals surface area contributed by atoms with Crippen LogP contribution in [0, 0.1) is 5.82 Å². The van der Waals surface area contributed by atoms with E-state index < -0.39 is 5.41 Å². The molecular formula is C59H38FN. The molecule has 2 aliphatic carbocycles. The summed E-state index contributed by atoms with van der Waals surface area (Å²) in [7, 11) is 0. The lowest BCUT2D eigenvalue weighted by molar-refractivity contribution is 0.628. The summed E-state index contributed by atoms with van der Waals surface area (Å²) < 4.78 is 14.0. The van der Waals surface area contributed by atoms with Crippen LogP contribution in [0.15, 0.2) is 231 Å². The largest absolute Gasteiger partial charge is 0.310 e. The lowest BCUT2D eigenvalue weighted by atomic mass is 9.70. The topological polar surface area (TPSA) is 3.24 Å². The minimum Gasteiger partial charge on any atom is -0.310 e. The molecule has 2 heteroatoms. The van der Waals surface area contributed by atoms with Crippen molar-refractivity contribution in [2.24, 2.45) is 0 Å². The van der Waals surface area contributed by atoms with E-state index >= 15 is 0 Å². The molecule has 0 N–H and O–H groups in total. The van der Waals surface area contributed by atoms with Gasteiger partial charge < -0.3 is 4.90 Å². The Hall–Kier alpha value is -7.81. The third kappa shape index (κ3) is 5.32. The fourth-order valence-electron chi connectivity index (χ4n) is 10.4. The van der Waals surface area contributed by atoms with Gasteiger partial charge in [-0.2, -0.15) is 0 Å². The SMILES string of the molecule is Fc1ccc(-c2cccc3cccc(-c4ccc(N(c5ccc6c(c5)C5(c7ccccc7-c7ccccc75)c5ccccc5-6)c5ccccc5-c5ccccc5)cc4)c23)cc1. The molecule has 0 atom stereocenters. The fraction of sp³-hybridized carbons (Fsp3) is 0.0169. The third-order valence-electron chi connectivity index (χ3n) is 13.0. The molecule has 0 aromatic heterocycles. The summed E-state index contributed by atoms with van der Waals surface area (Å²) in [4.78, 5) is 2.43. The predicted molar refractivity (Wildman–Crippen MR) is 251 cm³/mol. The highest BCUT2D eigenvalue weighted by atomic mass is 19.1. The second-order valence-electron chi connectivity index (χ2n) is 16.1. The van der Waals surface area contributed by atoms with Crippen LogP contribution in [0.4, 0.5) is 21.5 Å². The van der Waals surface area contributed by atoms with Crippen molar-refractivity contribution in [3.05, 3.63) is 259 Å². The maximum atomic E-state index is 14.0. The summed E-state index contributed by atoms with van der Waals surface area (Å²) in [5.74, 6) is -0.237. The Kier molecular flexibility index (Phi) is 8.01. The van der Waals surface area contributed by atoms with Crippen LogP contribution in [0.2, 0.25) is 0 Å². The van der Waals surface area contributed by atoms with Gasteiger partial charge in [-0.3, -0.25) is 0 Å². The molecule has 61 heavy (non-hydrogen) atoms. The summed E-state index contributed by atoms with van der Waals surface area (Å²) in [6.07, 6.45) is 0. The first-order valence-corrected chi connectivity index (χ1v) is 20.9. The van der Waals surface area contributed by atoms with Gasteiger partial charge in [0.05, 0.1) is 11.1 Å². The van der Waals surface area contributed by atoms with Crippen molar-refractivity contribution < 1.29 is 4.39 Å². The van der Waals surface area contributed by atoms with Crippen LogP contribution in [0.5, 0.6) is 0 Å². The minimum absolute atomic E-state index is 0.237. The van der Waals surface area contributed by atoms with E-state index in [4.69, 9.17) is 0 Å². The van der Waals surface area contributed by atoms with Crippen LogP contribution in [-0.2, 0) is 5.41 Å². The molecule has 0 fully saturated rings. The summed E-state index contributed by atoms with van der Waals surface area (Å²) in [5.41, 5.74) is 19.9. The molecule has 0 heterocycles.